The lowest BCUT2D eigenvalue weighted by Gasteiger charge is -2.04. The summed E-state index contributed by atoms with van der Waals surface area (Å²) in [6.07, 6.45) is 1.13. The topological polar surface area (TPSA) is 155 Å². The summed E-state index contributed by atoms with van der Waals surface area (Å²) in [5.41, 5.74) is 11.1. The Labute approximate surface area is 108 Å². The maximum atomic E-state index is 10.7. The highest BCUT2D eigenvalue weighted by atomic mass is 16.4. The van der Waals surface area contributed by atoms with Gasteiger partial charge in [-0.05, 0) is 18.2 Å². The second kappa shape index (κ2) is 6.36. The van der Waals surface area contributed by atoms with Gasteiger partial charge < -0.3 is 26.8 Å². The van der Waals surface area contributed by atoms with E-state index >= 15 is 0 Å². The summed E-state index contributed by atoms with van der Waals surface area (Å²) in [6, 6.07) is 2.96. The van der Waals surface area contributed by atoms with Crippen molar-refractivity contribution >= 4 is 23.8 Å². The van der Waals surface area contributed by atoms with Gasteiger partial charge in [0.2, 0.25) is 0 Å². The molecule has 1 rings (SSSR count). The second-order valence-electron chi connectivity index (χ2n) is 3.59. The molecule has 0 bridgehead atoms. The van der Waals surface area contributed by atoms with Crippen LogP contribution in [0.4, 0.5) is 5.69 Å². The third-order valence-electron chi connectivity index (χ3n) is 2.12. The number of guanidine groups is 1. The molecule has 1 aromatic carbocycles. The maximum absolute atomic E-state index is 10.7. The molecule has 1 atom stereocenters. The largest absolute Gasteiger partial charge is 0.507 e. The fourth-order valence-electron chi connectivity index (χ4n) is 1.22. The molecule has 8 nitrogen and oxygen atoms in total. The molecule has 8 heteroatoms. The summed E-state index contributed by atoms with van der Waals surface area (Å²) < 4.78 is 0. The maximum Gasteiger partial charge on any atom is 0.330 e. The van der Waals surface area contributed by atoms with Gasteiger partial charge >= 0.3 is 5.97 Å². The lowest BCUT2D eigenvalue weighted by Crippen LogP contribution is -2.22. The molecule has 0 amide bonds. The van der Waals surface area contributed by atoms with E-state index in [1.165, 1.54) is 18.2 Å². The Bertz CT molecular complexity index is 523. The summed E-state index contributed by atoms with van der Waals surface area (Å²) in [5.74, 6) is -1.52. The number of nitrogens with zero attached hydrogens (tertiary/aromatic N) is 2. The number of aromatic hydroxyl groups is 1. The van der Waals surface area contributed by atoms with E-state index in [9.17, 15) is 9.90 Å². The van der Waals surface area contributed by atoms with Crippen molar-refractivity contribution in [3.05, 3.63) is 23.8 Å². The number of hydrogen-bond acceptors (Lipinski definition) is 5. The number of nitrogens with two attached hydrogens (primary N) is 2. The smallest absolute Gasteiger partial charge is 0.330 e. The van der Waals surface area contributed by atoms with E-state index in [1.54, 1.807) is 0 Å². The third kappa shape index (κ3) is 4.28. The summed E-state index contributed by atoms with van der Waals surface area (Å²) in [6.45, 7) is -0.639. The van der Waals surface area contributed by atoms with Gasteiger partial charge in [0.1, 0.15) is 5.75 Å². The van der Waals surface area contributed by atoms with Gasteiger partial charge in [0.15, 0.2) is 12.0 Å². The first-order valence-electron chi connectivity index (χ1n) is 5.23. The first kappa shape index (κ1) is 14.5. The molecule has 0 fully saturated rings. The normalized spacial score (nSPS) is 12.3. The first-order valence-corrected chi connectivity index (χ1v) is 5.23. The zero-order valence-electron chi connectivity index (χ0n) is 9.89. The Balaban J connectivity index is 3.03. The highest BCUT2D eigenvalue weighted by Gasteiger charge is 2.13. The number of phenolic OH excluding ortho intramolecular Hbond substituents is 1. The van der Waals surface area contributed by atoms with E-state index in [2.05, 4.69) is 9.98 Å². The van der Waals surface area contributed by atoms with Gasteiger partial charge in [-0.2, -0.15) is 0 Å². The Morgan fingerprint density at radius 3 is 2.63 bits per heavy atom. The molecule has 7 N–H and O–H groups in total. The summed E-state index contributed by atoms with van der Waals surface area (Å²) in [5, 5.41) is 27.1. The number of aliphatic hydroxyl groups is 1. The molecule has 19 heavy (non-hydrogen) atoms. The van der Waals surface area contributed by atoms with Crippen LogP contribution in [-0.4, -0.2) is 46.1 Å². The number of carboxylic acids is 1. The number of aliphatic carboxylic acids is 1. The van der Waals surface area contributed by atoms with Crippen molar-refractivity contribution in [2.75, 3.05) is 6.61 Å². The molecule has 0 heterocycles. The van der Waals surface area contributed by atoms with Crippen molar-refractivity contribution in [2.45, 2.75) is 6.04 Å². The Hall–Kier alpha value is -2.61. The predicted molar refractivity (Wildman–Crippen MR) is 69.7 cm³/mol. The highest BCUT2D eigenvalue weighted by Crippen LogP contribution is 2.21. The highest BCUT2D eigenvalue weighted by molar-refractivity contribution is 5.88. The number of carboxylic acid groups (broad SMARTS) is 1. The minimum Gasteiger partial charge on any atom is -0.507 e. The van der Waals surface area contributed by atoms with Crippen LogP contribution in [0, 0.1) is 0 Å². The molecule has 0 aliphatic rings. The Morgan fingerprint density at radius 2 is 2.11 bits per heavy atom. The van der Waals surface area contributed by atoms with Crippen molar-refractivity contribution in [1.29, 1.82) is 0 Å². The van der Waals surface area contributed by atoms with Gasteiger partial charge in [0.25, 0.3) is 0 Å². The molecule has 0 spiro atoms. The van der Waals surface area contributed by atoms with Crippen molar-refractivity contribution < 1.29 is 20.1 Å². The number of aliphatic hydroxyl groups excluding tert-OH is 1. The van der Waals surface area contributed by atoms with E-state index in [-0.39, 0.29) is 17.3 Å². The molecule has 102 valence electrons. The second-order valence-corrected chi connectivity index (χ2v) is 3.59. The summed E-state index contributed by atoms with van der Waals surface area (Å²) in [7, 11) is 0. The molecule has 0 aliphatic heterocycles. The lowest BCUT2D eigenvalue weighted by molar-refractivity contribution is -0.139. The van der Waals surface area contributed by atoms with E-state index in [0.29, 0.717) is 5.69 Å². The number of aliphatic imine (C=N–C) groups is 2. The number of phenols is 1. The molecule has 0 saturated carbocycles. The minimum absolute atomic E-state index is 0.111. The van der Waals surface area contributed by atoms with Crippen LogP contribution in [0.3, 0.4) is 0 Å². The summed E-state index contributed by atoms with van der Waals surface area (Å²) in [4.78, 5) is 18.1. The molecule has 0 radical (unpaired) electrons. The molecular weight excluding hydrogens is 252 g/mol. The van der Waals surface area contributed by atoms with E-state index in [4.69, 9.17) is 21.7 Å². The van der Waals surface area contributed by atoms with Crippen molar-refractivity contribution in [3.63, 3.8) is 0 Å². The molecule has 0 aliphatic carbocycles. The van der Waals surface area contributed by atoms with Crippen molar-refractivity contribution in [1.82, 2.24) is 0 Å². The van der Waals surface area contributed by atoms with Gasteiger partial charge in [-0.25, -0.2) is 9.79 Å². The quantitative estimate of drug-likeness (QED) is 0.346. The fourth-order valence-corrected chi connectivity index (χ4v) is 1.22. The van der Waals surface area contributed by atoms with Crippen LogP contribution in [0.1, 0.15) is 5.56 Å². The fraction of sp³-hybridized carbons (Fsp3) is 0.182. The van der Waals surface area contributed by atoms with Crippen LogP contribution >= 0.6 is 0 Å². The zero-order chi connectivity index (χ0) is 14.4. The van der Waals surface area contributed by atoms with Gasteiger partial charge in [-0.3, -0.25) is 4.99 Å². The average molecular weight is 266 g/mol. The number of rotatable bonds is 5. The van der Waals surface area contributed by atoms with Gasteiger partial charge in [0.05, 0.1) is 12.3 Å². The zero-order valence-corrected chi connectivity index (χ0v) is 9.89. The first-order chi connectivity index (χ1) is 8.93. The molecule has 0 aromatic heterocycles. The predicted octanol–water partition coefficient (Wildman–Crippen LogP) is -0.839. The van der Waals surface area contributed by atoms with Gasteiger partial charge in [-0.1, -0.05) is 0 Å². The van der Waals surface area contributed by atoms with Crippen molar-refractivity contribution in [3.8, 4) is 5.75 Å². The Morgan fingerprint density at radius 1 is 1.42 bits per heavy atom. The van der Waals surface area contributed by atoms with E-state index in [1.807, 2.05) is 0 Å². The van der Waals surface area contributed by atoms with Crippen LogP contribution < -0.4 is 11.5 Å². The third-order valence-corrected chi connectivity index (χ3v) is 2.12. The molecule has 1 aromatic rings. The SMILES string of the molecule is NC(N)=Nc1ccc(O)c(C=N[C@@H](CO)C(=O)O)c1. The molecule has 0 unspecified atom stereocenters. The summed E-state index contributed by atoms with van der Waals surface area (Å²) >= 11 is 0. The van der Waals surface area contributed by atoms with Gasteiger partial charge in [0, 0.05) is 11.8 Å². The van der Waals surface area contributed by atoms with Crippen LogP contribution in [-0.2, 0) is 4.79 Å². The van der Waals surface area contributed by atoms with Crippen LogP contribution in [0.5, 0.6) is 5.75 Å². The number of carbonyl (C=O) groups is 1. The lowest BCUT2D eigenvalue weighted by atomic mass is 10.2. The van der Waals surface area contributed by atoms with E-state index in [0.717, 1.165) is 6.21 Å². The average Bonchev–Trinajstić information content (AvgIpc) is 2.32. The Kier molecular flexibility index (Phi) is 4.84. The van der Waals surface area contributed by atoms with Crippen LogP contribution in [0.2, 0.25) is 0 Å². The number of hydrogen-bond donors (Lipinski definition) is 5. The van der Waals surface area contributed by atoms with E-state index < -0.39 is 18.6 Å². The molecule has 0 saturated heterocycles. The number of benzene rings is 1. The van der Waals surface area contributed by atoms with Gasteiger partial charge in [-0.15, -0.1) is 0 Å². The monoisotopic (exact) mass is 266 g/mol. The minimum atomic E-state index is -1.29. The van der Waals surface area contributed by atoms with Crippen molar-refractivity contribution in [2.24, 2.45) is 21.5 Å². The van der Waals surface area contributed by atoms with Crippen LogP contribution in [0.25, 0.3) is 0 Å². The molecular formula is C11H14N4O4. The standard InChI is InChI=1S/C11H14N4O4/c12-11(13)15-7-1-2-9(17)6(3-7)4-14-8(5-16)10(18)19/h1-4,8,16-17H,5H2,(H,18,19)(H4,12,13,15)/t8-/m0/s1. The van der Waals surface area contributed by atoms with Crippen LogP contribution in [0.15, 0.2) is 28.2 Å².